The zero-order chi connectivity index (χ0) is 12.3. The smallest absolute Gasteiger partial charge is 0.253 e. The van der Waals surface area contributed by atoms with Crippen molar-refractivity contribution < 1.29 is 4.79 Å². The van der Waals surface area contributed by atoms with Gasteiger partial charge >= 0.3 is 0 Å². The van der Waals surface area contributed by atoms with E-state index in [1.807, 2.05) is 13.0 Å². The Morgan fingerprint density at radius 2 is 2.35 bits per heavy atom. The quantitative estimate of drug-likeness (QED) is 0.872. The molecule has 0 bridgehead atoms. The molecule has 4 heteroatoms. The fraction of sp³-hybridized carbons (Fsp3) is 0.538. The largest absolute Gasteiger partial charge is 0.349 e. The lowest BCUT2D eigenvalue weighted by Crippen LogP contribution is -2.37. The van der Waals surface area contributed by atoms with E-state index < -0.39 is 0 Å². The molecule has 2 unspecified atom stereocenters. The summed E-state index contributed by atoms with van der Waals surface area (Å²) < 4.78 is 0. The van der Waals surface area contributed by atoms with Gasteiger partial charge in [0.2, 0.25) is 0 Å². The molecule has 0 spiro atoms. The molecule has 1 fully saturated rings. The van der Waals surface area contributed by atoms with Crippen LogP contribution in [0.2, 0.25) is 0 Å². The molecule has 3 nitrogen and oxygen atoms in total. The Balaban J connectivity index is 2.01. The molecule has 92 valence electrons. The van der Waals surface area contributed by atoms with Crippen molar-refractivity contribution in [3.8, 4) is 0 Å². The average molecular weight is 297 g/mol. The Bertz CT molecular complexity index is 408. The van der Waals surface area contributed by atoms with Crippen LogP contribution in [-0.2, 0) is 0 Å². The number of rotatable bonds is 3. The fourth-order valence-corrected chi connectivity index (χ4v) is 3.12. The number of halogens is 1. The minimum Gasteiger partial charge on any atom is -0.349 e. The standard InChI is InChI=1S/C13H17BrN2O/c1-9-5-11(8-15-7-9)13(17)16-12-4-2-3-10(12)6-14/h5,7-8,10,12H,2-4,6H2,1H3,(H,16,17). The summed E-state index contributed by atoms with van der Waals surface area (Å²) in [6.07, 6.45) is 6.87. The van der Waals surface area contributed by atoms with Crippen LogP contribution in [0.15, 0.2) is 18.5 Å². The molecule has 0 radical (unpaired) electrons. The van der Waals surface area contributed by atoms with Crippen molar-refractivity contribution in [3.05, 3.63) is 29.6 Å². The van der Waals surface area contributed by atoms with Crippen LogP contribution < -0.4 is 5.32 Å². The van der Waals surface area contributed by atoms with Crippen LogP contribution in [0.25, 0.3) is 0 Å². The molecule has 1 aromatic heterocycles. The van der Waals surface area contributed by atoms with E-state index in [0.29, 0.717) is 17.5 Å². The van der Waals surface area contributed by atoms with E-state index in [1.54, 1.807) is 12.4 Å². The van der Waals surface area contributed by atoms with Gasteiger partial charge < -0.3 is 5.32 Å². The number of pyridine rings is 1. The number of amides is 1. The number of nitrogens with one attached hydrogen (secondary N) is 1. The van der Waals surface area contributed by atoms with Crippen molar-refractivity contribution in [2.75, 3.05) is 5.33 Å². The molecule has 17 heavy (non-hydrogen) atoms. The predicted molar refractivity (Wildman–Crippen MR) is 71.4 cm³/mol. The Kier molecular flexibility index (Phi) is 4.15. The summed E-state index contributed by atoms with van der Waals surface area (Å²) in [6, 6.07) is 2.18. The van der Waals surface area contributed by atoms with Crippen molar-refractivity contribution in [2.45, 2.75) is 32.2 Å². The van der Waals surface area contributed by atoms with Gasteiger partial charge in [-0.1, -0.05) is 22.4 Å². The van der Waals surface area contributed by atoms with Gasteiger partial charge in [-0.25, -0.2) is 0 Å². The molecular formula is C13H17BrN2O. The molecule has 2 atom stereocenters. The van der Waals surface area contributed by atoms with Crippen LogP contribution in [0, 0.1) is 12.8 Å². The molecule has 0 aliphatic heterocycles. The minimum absolute atomic E-state index is 0.000880. The number of hydrogen-bond acceptors (Lipinski definition) is 2. The molecule has 1 N–H and O–H groups in total. The van der Waals surface area contributed by atoms with E-state index >= 15 is 0 Å². The van der Waals surface area contributed by atoms with Gasteiger partial charge in [0, 0.05) is 23.8 Å². The fourth-order valence-electron chi connectivity index (χ4n) is 2.34. The lowest BCUT2D eigenvalue weighted by molar-refractivity contribution is 0.0930. The Morgan fingerprint density at radius 3 is 3.06 bits per heavy atom. The summed E-state index contributed by atoms with van der Waals surface area (Å²) in [6.45, 7) is 1.95. The Morgan fingerprint density at radius 1 is 1.53 bits per heavy atom. The van der Waals surface area contributed by atoms with Crippen LogP contribution >= 0.6 is 15.9 Å². The molecule has 1 amide bonds. The number of nitrogens with zero attached hydrogens (tertiary/aromatic N) is 1. The minimum atomic E-state index is -0.000880. The van der Waals surface area contributed by atoms with E-state index in [1.165, 1.54) is 12.8 Å². The van der Waals surface area contributed by atoms with Crippen LogP contribution in [0.5, 0.6) is 0 Å². The zero-order valence-electron chi connectivity index (χ0n) is 9.95. The second-order valence-electron chi connectivity index (χ2n) is 4.68. The van der Waals surface area contributed by atoms with Crippen molar-refractivity contribution in [1.82, 2.24) is 10.3 Å². The number of carbonyl (C=O) groups is 1. The van der Waals surface area contributed by atoms with Gasteiger partial charge in [-0.15, -0.1) is 0 Å². The summed E-state index contributed by atoms with van der Waals surface area (Å²) in [5, 5.41) is 4.08. The maximum Gasteiger partial charge on any atom is 0.253 e. The first-order valence-electron chi connectivity index (χ1n) is 5.99. The third kappa shape index (κ3) is 3.06. The number of aryl methyl sites for hydroxylation is 1. The van der Waals surface area contributed by atoms with Crippen molar-refractivity contribution >= 4 is 21.8 Å². The van der Waals surface area contributed by atoms with Gasteiger partial charge in [0.15, 0.2) is 0 Å². The van der Waals surface area contributed by atoms with Gasteiger partial charge in [0.05, 0.1) is 5.56 Å². The summed E-state index contributed by atoms with van der Waals surface area (Å²) in [5.74, 6) is 0.566. The molecular weight excluding hydrogens is 280 g/mol. The van der Waals surface area contributed by atoms with Crippen molar-refractivity contribution in [1.29, 1.82) is 0 Å². The first kappa shape index (κ1) is 12.6. The summed E-state index contributed by atoms with van der Waals surface area (Å²) >= 11 is 3.51. The molecule has 1 aliphatic rings. The van der Waals surface area contributed by atoms with Gasteiger partial charge in [-0.2, -0.15) is 0 Å². The summed E-state index contributed by atoms with van der Waals surface area (Å²) in [7, 11) is 0. The highest BCUT2D eigenvalue weighted by Crippen LogP contribution is 2.27. The number of carbonyl (C=O) groups excluding carboxylic acids is 1. The SMILES string of the molecule is Cc1cncc(C(=O)NC2CCCC2CBr)c1. The van der Waals surface area contributed by atoms with Gasteiger partial charge in [0.1, 0.15) is 0 Å². The lowest BCUT2D eigenvalue weighted by atomic mass is 10.1. The zero-order valence-corrected chi connectivity index (χ0v) is 11.5. The number of aromatic nitrogens is 1. The van der Waals surface area contributed by atoms with Crippen LogP contribution in [0.1, 0.15) is 35.2 Å². The Labute approximate surface area is 110 Å². The molecule has 0 saturated heterocycles. The van der Waals surface area contributed by atoms with E-state index in [0.717, 1.165) is 17.3 Å². The molecule has 1 aliphatic carbocycles. The second-order valence-corrected chi connectivity index (χ2v) is 5.32. The van der Waals surface area contributed by atoms with Crippen LogP contribution in [0.4, 0.5) is 0 Å². The topological polar surface area (TPSA) is 42.0 Å². The molecule has 0 aromatic carbocycles. The molecule has 1 saturated carbocycles. The normalized spacial score (nSPS) is 23.6. The average Bonchev–Trinajstić information content (AvgIpc) is 2.76. The number of hydrogen-bond donors (Lipinski definition) is 1. The van der Waals surface area contributed by atoms with Crippen molar-refractivity contribution in [2.24, 2.45) is 5.92 Å². The maximum absolute atomic E-state index is 12.0. The van der Waals surface area contributed by atoms with E-state index in [9.17, 15) is 4.79 Å². The van der Waals surface area contributed by atoms with E-state index in [2.05, 4.69) is 26.2 Å². The summed E-state index contributed by atoms with van der Waals surface area (Å²) in [5.41, 5.74) is 1.67. The van der Waals surface area contributed by atoms with E-state index in [4.69, 9.17) is 0 Å². The van der Waals surface area contributed by atoms with Gasteiger partial charge in [-0.05, 0) is 37.3 Å². The lowest BCUT2D eigenvalue weighted by Gasteiger charge is -2.18. The third-order valence-corrected chi connectivity index (χ3v) is 4.14. The second kappa shape index (κ2) is 5.63. The molecule has 1 heterocycles. The van der Waals surface area contributed by atoms with Crippen molar-refractivity contribution in [3.63, 3.8) is 0 Å². The van der Waals surface area contributed by atoms with Crippen LogP contribution in [0.3, 0.4) is 0 Å². The summed E-state index contributed by atoms with van der Waals surface area (Å²) in [4.78, 5) is 16.1. The number of alkyl halides is 1. The van der Waals surface area contributed by atoms with Gasteiger partial charge in [0.25, 0.3) is 5.91 Å². The Hall–Kier alpha value is -0.900. The monoisotopic (exact) mass is 296 g/mol. The highest BCUT2D eigenvalue weighted by molar-refractivity contribution is 9.09. The maximum atomic E-state index is 12.0. The third-order valence-electron chi connectivity index (χ3n) is 3.31. The molecule has 1 aromatic rings. The first-order chi connectivity index (χ1) is 8.20. The van der Waals surface area contributed by atoms with Crippen LogP contribution in [-0.4, -0.2) is 22.3 Å². The van der Waals surface area contributed by atoms with Gasteiger partial charge in [-0.3, -0.25) is 9.78 Å². The van der Waals surface area contributed by atoms with E-state index in [-0.39, 0.29) is 5.91 Å². The first-order valence-corrected chi connectivity index (χ1v) is 7.11. The highest BCUT2D eigenvalue weighted by Gasteiger charge is 2.27. The predicted octanol–water partition coefficient (Wildman–Crippen LogP) is 2.68. The highest BCUT2D eigenvalue weighted by atomic mass is 79.9. The molecule has 2 rings (SSSR count).